The molecule has 1 saturated heterocycles. The van der Waals surface area contributed by atoms with Crippen molar-refractivity contribution < 1.29 is 28.6 Å². The van der Waals surface area contributed by atoms with Gasteiger partial charge in [0.15, 0.2) is 0 Å². The third kappa shape index (κ3) is 8.29. The van der Waals surface area contributed by atoms with Crippen molar-refractivity contribution in [3.05, 3.63) is 71.8 Å². The number of likely N-dealkylation sites (N-methyl/N-ethyl adjacent to an activating group) is 2. The first-order valence-electron chi connectivity index (χ1n) is 11.7. The van der Waals surface area contributed by atoms with Gasteiger partial charge in [-0.1, -0.05) is 60.7 Å². The number of esters is 1. The Bertz CT molecular complexity index is 950. The summed E-state index contributed by atoms with van der Waals surface area (Å²) in [5, 5.41) is 0. The second kappa shape index (κ2) is 13.3. The van der Waals surface area contributed by atoms with E-state index in [1.54, 1.807) is 23.9 Å². The summed E-state index contributed by atoms with van der Waals surface area (Å²) in [6.07, 6.45) is -1.55. The molecular formula is C26H33N3O6. The summed E-state index contributed by atoms with van der Waals surface area (Å²) in [4.78, 5) is 42.8. The fourth-order valence-corrected chi connectivity index (χ4v) is 3.52. The number of hydrogen-bond acceptors (Lipinski definition) is 6. The normalized spacial score (nSPS) is 14.1. The third-order valence-corrected chi connectivity index (χ3v) is 5.68. The Balaban J connectivity index is 1.54. The molecule has 0 spiro atoms. The van der Waals surface area contributed by atoms with Gasteiger partial charge in [0.05, 0.1) is 13.2 Å². The van der Waals surface area contributed by atoms with E-state index in [-0.39, 0.29) is 25.6 Å². The molecular weight excluding hydrogens is 450 g/mol. The standard InChI is InChI=1S/C26H33N3O6/c1-27(25(31)29-15-17-33-18-16-29)13-14-28(2)26(32)35-23(19-21-9-5-3-6-10-21)24(30)34-20-22-11-7-4-8-12-22/h3-12,23H,13-20H2,1-2H3/t23-/m0/s1. The minimum atomic E-state index is -1.09. The fourth-order valence-electron chi connectivity index (χ4n) is 3.52. The maximum atomic E-state index is 12.8. The lowest BCUT2D eigenvalue weighted by Gasteiger charge is -2.31. The van der Waals surface area contributed by atoms with Gasteiger partial charge in [0, 0.05) is 46.7 Å². The number of nitrogens with zero attached hydrogens (tertiary/aromatic N) is 3. The first kappa shape index (κ1) is 26.0. The van der Waals surface area contributed by atoms with Crippen molar-refractivity contribution in [1.82, 2.24) is 14.7 Å². The highest BCUT2D eigenvalue weighted by atomic mass is 16.6. The van der Waals surface area contributed by atoms with Gasteiger partial charge in [0.2, 0.25) is 6.10 Å². The number of carbonyl (C=O) groups is 3. The Hall–Kier alpha value is -3.59. The van der Waals surface area contributed by atoms with E-state index in [1.165, 1.54) is 4.90 Å². The Morgan fingerprint density at radius 3 is 2.09 bits per heavy atom. The van der Waals surface area contributed by atoms with Crippen LogP contribution in [0.2, 0.25) is 0 Å². The fraction of sp³-hybridized carbons (Fsp3) is 0.423. The van der Waals surface area contributed by atoms with Crippen molar-refractivity contribution in [1.29, 1.82) is 0 Å². The molecule has 9 nitrogen and oxygen atoms in total. The molecule has 0 radical (unpaired) electrons. The molecule has 0 unspecified atom stereocenters. The zero-order valence-electron chi connectivity index (χ0n) is 20.3. The monoisotopic (exact) mass is 483 g/mol. The number of urea groups is 1. The van der Waals surface area contributed by atoms with Gasteiger partial charge in [0.1, 0.15) is 6.61 Å². The van der Waals surface area contributed by atoms with Gasteiger partial charge in [-0.3, -0.25) is 0 Å². The molecule has 188 valence electrons. The molecule has 0 N–H and O–H groups in total. The number of morpholine rings is 1. The van der Waals surface area contributed by atoms with Crippen molar-refractivity contribution in [2.45, 2.75) is 19.1 Å². The molecule has 35 heavy (non-hydrogen) atoms. The van der Waals surface area contributed by atoms with Gasteiger partial charge in [-0.2, -0.15) is 0 Å². The zero-order valence-corrected chi connectivity index (χ0v) is 20.3. The van der Waals surface area contributed by atoms with Crippen LogP contribution in [0.3, 0.4) is 0 Å². The van der Waals surface area contributed by atoms with Crippen molar-refractivity contribution in [2.24, 2.45) is 0 Å². The highest BCUT2D eigenvalue weighted by molar-refractivity contribution is 5.79. The van der Waals surface area contributed by atoms with Crippen LogP contribution in [0.5, 0.6) is 0 Å². The van der Waals surface area contributed by atoms with Crippen LogP contribution in [-0.2, 0) is 32.0 Å². The lowest BCUT2D eigenvalue weighted by Crippen LogP contribution is -2.48. The van der Waals surface area contributed by atoms with Crippen LogP contribution < -0.4 is 0 Å². The van der Waals surface area contributed by atoms with E-state index in [4.69, 9.17) is 14.2 Å². The largest absolute Gasteiger partial charge is 0.458 e. The van der Waals surface area contributed by atoms with Gasteiger partial charge < -0.3 is 28.9 Å². The van der Waals surface area contributed by atoms with Crippen LogP contribution in [0.1, 0.15) is 11.1 Å². The first-order valence-corrected chi connectivity index (χ1v) is 11.7. The van der Waals surface area contributed by atoms with E-state index in [9.17, 15) is 14.4 Å². The minimum absolute atomic E-state index is 0.0901. The van der Waals surface area contributed by atoms with Gasteiger partial charge in [-0.05, 0) is 11.1 Å². The highest BCUT2D eigenvalue weighted by Crippen LogP contribution is 2.12. The SMILES string of the molecule is CN(CCN(C)C(=O)N1CCOCC1)C(=O)O[C@@H](Cc1ccccc1)C(=O)OCc1ccccc1. The van der Waals surface area contributed by atoms with Crippen LogP contribution >= 0.6 is 0 Å². The Labute approximate surface area is 206 Å². The number of amides is 3. The van der Waals surface area contributed by atoms with E-state index in [1.807, 2.05) is 60.7 Å². The smallest absolute Gasteiger partial charge is 0.410 e. The predicted molar refractivity (Wildman–Crippen MR) is 130 cm³/mol. The number of ether oxygens (including phenoxy) is 3. The van der Waals surface area contributed by atoms with Crippen LogP contribution in [0.25, 0.3) is 0 Å². The average Bonchev–Trinajstić information content (AvgIpc) is 2.90. The molecule has 1 aliphatic rings. The van der Waals surface area contributed by atoms with Crippen molar-refractivity contribution in [3.8, 4) is 0 Å². The maximum Gasteiger partial charge on any atom is 0.410 e. The lowest BCUT2D eigenvalue weighted by atomic mass is 10.1. The summed E-state index contributed by atoms with van der Waals surface area (Å²) in [6.45, 7) is 2.81. The summed E-state index contributed by atoms with van der Waals surface area (Å²) in [6, 6.07) is 18.5. The highest BCUT2D eigenvalue weighted by Gasteiger charge is 2.27. The van der Waals surface area contributed by atoms with E-state index in [2.05, 4.69) is 0 Å². The van der Waals surface area contributed by atoms with Crippen molar-refractivity contribution in [3.63, 3.8) is 0 Å². The summed E-state index contributed by atoms with van der Waals surface area (Å²) in [7, 11) is 3.26. The number of hydrogen-bond donors (Lipinski definition) is 0. The Morgan fingerprint density at radius 2 is 1.46 bits per heavy atom. The van der Waals surface area contributed by atoms with Crippen LogP contribution in [-0.4, -0.2) is 92.4 Å². The second-order valence-electron chi connectivity index (χ2n) is 8.38. The van der Waals surface area contributed by atoms with E-state index in [0.717, 1.165) is 11.1 Å². The maximum absolute atomic E-state index is 12.8. The summed E-state index contributed by atoms with van der Waals surface area (Å²) < 4.78 is 16.3. The molecule has 1 atom stereocenters. The molecule has 1 fully saturated rings. The molecule has 0 aromatic heterocycles. The average molecular weight is 484 g/mol. The molecule has 1 aliphatic heterocycles. The predicted octanol–water partition coefficient (Wildman–Crippen LogP) is 2.79. The quantitative estimate of drug-likeness (QED) is 0.510. The molecule has 0 aliphatic carbocycles. The van der Waals surface area contributed by atoms with Crippen LogP contribution in [0.15, 0.2) is 60.7 Å². The number of benzene rings is 2. The van der Waals surface area contributed by atoms with Crippen LogP contribution in [0.4, 0.5) is 9.59 Å². The Kier molecular flexibility index (Phi) is 9.92. The molecule has 9 heteroatoms. The van der Waals surface area contributed by atoms with Crippen LogP contribution in [0, 0.1) is 0 Å². The van der Waals surface area contributed by atoms with E-state index >= 15 is 0 Å². The zero-order chi connectivity index (χ0) is 25.0. The topological polar surface area (TPSA) is 88.6 Å². The third-order valence-electron chi connectivity index (χ3n) is 5.68. The van der Waals surface area contributed by atoms with Crippen molar-refractivity contribution >= 4 is 18.1 Å². The summed E-state index contributed by atoms with van der Waals surface area (Å²) in [5.74, 6) is -0.612. The molecule has 3 amide bonds. The lowest BCUT2D eigenvalue weighted by molar-refractivity contribution is -0.155. The summed E-state index contributed by atoms with van der Waals surface area (Å²) in [5.41, 5.74) is 1.69. The molecule has 3 rings (SSSR count). The van der Waals surface area contributed by atoms with Gasteiger partial charge in [-0.25, -0.2) is 14.4 Å². The first-order chi connectivity index (χ1) is 16.9. The number of rotatable bonds is 9. The molecule has 0 bridgehead atoms. The molecule has 2 aromatic rings. The van der Waals surface area contributed by atoms with Crippen molar-refractivity contribution in [2.75, 3.05) is 53.5 Å². The van der Waals surface area contributed by atoms with E-state index in [0.29, 0.717) is 32.8 Å². The Morgan fingerprint density at radius 1 is 0.886 bits per heavy atom. The molecule has 0 saturated carbocycles. The molecule has 1 heterocycles. The van der Waals surface area contributed by atoms with E-state index < -0.39 is 18.2 Å². The van der Waals surface area contributed by atoms with Gasteiger partial charge >= 0.3 is 18.1 Å². The second-order valence-corrected chi connectivity index (χ2v) is 8.38. The summed E-state index contributed by atoms with van der Waals surface area (Å²) >= 11 is 0. The van der Waals surface area contributed by atoms with Gasteiger partial charge in [-0.15, -0.1) is 0 Å². The minimum Gasteiger partial charge on any atom is -0.458 e. The number of carbonyl (C=O) groups excluding carboxylic acids is 3. The van der Waals surface area contributed by atoms with Gasteiger partial charge in [0.25, 0.3) is 0 Å². The molecule has 2 aromatic carbocycles.